The standard InChI is InChI=1S/C19H30N4O2/c1-14(2)18(20)19(25)21-12-17(24)23-10-8-22(9-11-23)13-16-7-5-4-6-15(16)3/h4-7,14,18H,8-13,20H2,1-3H3,(H,21,25)/t18-/m0/s1. The molecule has 2 rings (SSSR count). The lowest BCUT2D eigenvalue weighted by molar-refractivity contribution is -0.134. The number of nitrogens with one attached hydrogen (secondary N) is 1. The van der Waals surface area contributed by atoms with Crippen LogP contribution in [-0.2, 0) is 16.1 Å². The Labute approximate surface area is 150 Å². The summed E-state index contributed by atoms with van der Waals surface area (Å²) >= 11 is 0. The molecule has 0 aromatic heterocycles. The van der Waals surface area contributed by atoms with Crippen molar-refractivity contribution >= 4 is 11.8 Å². The van der Waals surface area contributed by atoms with Crippen LogP contribution < -0.4 is 11.1 Å². The first kappa shape index (κ1) is 19.4. The highest BCUT2D eigenvalue weighted by atomic mass is 16.2. The van der Waals surface area contributed by atoms with Crippen LogP contribution in [0.1, 0.15) is 25.0 Å². The maximum atomic E-state index is 12.3. The molecule has 1 aliphatic heterocycles. The average molecular weight is 346 g/mol. The molecule has 0 spiro atoms. The van der Waals surface area contributed by atoms with Crippen molar-refractivity contribution in [2.45, 2.75) is 33.4 Å². The molecule has 1 atom stereocenters. The van der Waals surface area contributed by atoms with Crippen LogP contribution >= 0.6 is 0 Å². The molecular weight excluding hydrogens is 316 g/mol. The highest BCUT2D eigenvalue weighted by Crippen LogP contribution is 2.12. The minimum absolute atomic E-state index is 0.0248. The third-order valence-corrected chi connectivity index (χ3v) is 4.82. The number of benzene rings is 1. The van der Waals surface area contributed by atoms with E-state index in [0.29, 0.717) is 13.1 Å². The van der Waals surface area contributed by atoms with Gasteiger partial charge in [0.2, 0.25) is 11.8 Å². The van der Waals surface area contributed by atoms with Gasteiger partial charge in [-0.15, -0.1) is 0 Å². The van der Waals surface area contributed by atoms with Gasteiger partial charge in [0.1, 0.15) is 0 Å². The van der Waals surface area contributed by atoms with Gasteiger partial charge in [-0.3, -0.25) is 14.5 Å². The van der Waals surface area contributed by atoms with E-state index in [-0.39, 0.29) is 24.3 Å². The molecule has 0 saturated carbocycles. The zero-order valence-corrected chi connectivity index (χ0v) is 15.5. The van der Waals surface area contributed by atoms with Gasteiger partial charge in [-0.1, -0.05) is 38.1 Å². The molecule has 25 heavy (non-hydrogen) atoms. The smallest absolute Gasteiger partial charge is 0.242 e. The number of amides is 2. The molecule has 3 N–H and O–H groups in total. The number of nitrogens with two attached hydrogens (primary N) is 1. The molecule has 0 radical (unpaired) electrons. The molecule has 1 aromatic carbocycles. The number of rotatable bonds is 6. The highest BCUT2D eigenvalue weighted by molar-refractivity contribution is 5.87. The van der Waals surface area contributed by atoms with Crippen molar-refractivity contribution in [2.75, 3.05) is 32.7 Å². The summed E-state index contributed by atoms with van der Waals surface area (Å²) in [4.78, 5) is 28.3. The van der Waals surface area contributed by atoms with E-state index in [1.54, 1.807) is 0 Å². The van der Waals surface area contributed by atoms with Crippen LogP contribution in [0.3, 0.4) is 0 Å². The summed E-state index contributed by atoms with van der Waals surface area (Å²) in [5, 5.41) is 2.65. The average Bonchev–Trinajstić information content (AvgIpc) is 2.61. The summed E-state index contributed by atoms with van der Waals surface area (Å²) in [7, 11) is 0. The Bertz CT molecular complexity index is 595. The largest absolute Gasteiger partial charge is 0.346 e. The molecular formula is C19H30N4O2. The molecule has 6 nitrogen and oxygen atoms in total. The minimum Gasteiger partial charge on any atom is -0.346 e. The fraction of sp³-hybridized carbons (Fsp3) is 0.579. The number of carbonyl (C=O) groups is 2. The summed E-state index contributed by atoms with van der Waals surface area (Å²) in [6.07, 6.45) is 0. The SMILES string of the molecule is Cc1ccccc1CN1CCN(C(=O)CNC(=O)[C@@H](N)C(C)C)CC1. The molecule has 1 aromatic rings. The first-order valence-electron chi connectivity index (χ1n) is 8.96. The Hall–Kier alpha value is -1.92. The van der Waals surface area contributed by atoms with Gasteiger partial charge in [0, 0.05) is 32.7 Å². The zero-order chi connectivity index (χ0) is 18.4. The molecule has 0 aliphatic carbocycles. The topological polar surface area (TPSA) is 78.7 Å². The van der Waals surface area contributed by atoms with Gasteiger partial charge in [-0.25, -0.2) is 0 Å². The quantitative estimate of drug-likeness (QED) is 0.796. The van der Waals surface area contributed by atoms with Gasteiger partial charge in [0.25, 0.3) is 0 Å². The molecule has 1 saturated heterocycles. The lowest BCUT2D eigenvalue weighted by atomic mass is 10.1. The van der Waals surface area contributed by atoms with Gasteiger partial charge in [-0.05, 0) is 24.0 Å². The second kappa shape index (κ2) is 8.97. The van der Waals surface area contributed by atoms with Crippen molar-refractivity contribution in [2.24, 2.45) is 11.7 Å². The molecule has 1 fully saturated rings. The molecule has 6 heteroatoms. The second-order valence-electron chi connectivity index (χ2n) is 7.07. The maximum absolute atomic E-state index is 12.3. The molecule has 1 heterocycles. The molecule has 1 aliphatic rings. The van der Waals surface area contributed by atoms with E-state index in [4.69, 9.17) is 5.73 Å². The van der Waals surface area contributed by atoms with Crippen LogP contribution in [0.2, 0.25) is 0 Å². The molecule has 0 bridgehead atoms. The zero-order valence-electron chi connectivity index (χ0n) is 15.5. The van der Waals surface area contributed by atoms with Gasteiger partial charge in [0.15, 0.2) is 0 Å². The van der Waals surface area contributed by atoms with Crippen molar-refractivity contribution in [3.63, 3.8) is 0 Å². The van der Waals surface area contributed by atoms with Crippen LogP contribution in [0.4, 0.5) is 0 Å². The first-order valence-corrected chi connectivity index (χ1v) is 8.96. The molecule has 0 unspecified atom stereocenters. The van der Waals surface area contributed by atoms with Gasteiger partial charge in [0.05, 0.1) is 12.6 Å². The van der Waals surface area contributed by atoms with Crippen LogP contribution in [0, 0.1) is 12.8 Å². The lowest BCUT2D eigenvalue weighted by Gasteiger charge is -2.35. The van der Waals surface area contributed by atoms with Crippen molar-refractivity contribution in [1.29, 1.82) is 0 Å². The monoisotopic (exact) mass is 346 g/mol. The Balaban J connectivity index is 1.75. The van der Waals surface area contributed by atoms with E-state index in [1.807, 2.05) is 18.7 Å². The van der Waals surface area contributed by atoms with E-state index in [2.05, 4.69) is 41.4 Å². The Morgan fingerprint density at radius 2 is 1.80 bits per heavy atom. The van der Waals surface area contributed by atoms with Gasteiger partial charge >= 0.3 is 0 Å². The summed E-state index contributed by atoms with van der Waals surface area (Å²) in [5.74, 6) is -0.249. The van der Waals surface area contributed by atoms with E-state index >= 15 is 0 Å². The molecule has 2 amide bonds. The number of nitrogens with zero attached hydrogens (tertiary/aromatic N) is 2. The maximum Gasteiger partial charge on any atom is 0.242 e. The fourth-order valence-electron chi connectivity index (χ4n) is 2.88. The fourth-order valence-corrected chi connectivity index (χ4v) is 2.88. The van der Waals surface area contributed by atoms with Crippen molar-refractivity contribution in [1.82, 2.24) is 15.1 Å². The van der Waals surface area contributed by atoms with Crippen LogP contribution in [-0.4, -0.2) is 60.4 Å². The summed E-state index contributed by atoms with van der Waals surface area (Å²) in [6.45, 7) is 9.91. The first-order chi connectivity index (χ1) is 11.9. The predicted molar refractivity (Wildman–Crippen MR) is 98.9 cm³/mol. The Morgan fingerprint density at radius 3 is 2.40 bits per heavy atom. The van der Waals surface area contributed by atoms with E-state index in [0.717, 1.165) is 19.6 Å². The van der Waals surface area contributed by atoms with Gasteiger partial charge in [-0.2, -0.15) is 0 Å². The number of aryl methyl sites for hydroxylation is 1. The third kappa shape index (κ3) is 5.54. The third-order valence-electron chi connectivity index (χ3n) is 4.82. The minimum atomic E-state index is -0.571. The summed E-state index contributed by atoms with van der Waals surface area (Å²) < 4.78 is 0. The number of piperazine rings is 1. The summed E-state index contributed by atoms with van der Waals surface area (Å²) in [5.41, 5.74) is 8.41. The highest BCUT2D eigenvalue weighted by Gasteiger charge is 2.23. The van der Waals surface area contributed by atoms with Crippen LogP contribution in [0.15, 0.2) is 24.3 Å². The van der Waals surface area contributed by atoms with E-state index < -0.39 is 6.04 Å². The van der Waals surface area contributed by atoms with E-state index in [9.17, 15) is 9.59 Å². The predicted octanol–water partition coefficient (Wildman–Crippen LogP) is 0.739. The Kier molecular flexibility index (Phi) is 6.96. The number of hydrogen-bond donors (Lipinski definition) is 2. The van der Waals surface area contributed by atoms with Gasteiger partial charge < -0.3 is 16.0 Å². The number of carbonyl (C=O) groups excluding carboxylic acids is 2. The number of hydrogen-bond acceptors (Lipinski definition) is 4. The molecule has 138 valence electrons. The van der Waals surface area contributed by atoms with Crippen molar-refractivity contribution < 1.29 is 9.59 Å². The second-order valence-corrected chi connectivity index (χ2v) is 7.07. The van der Waals surface area contributed by atoms with Crippen LogP contribution in [0.5, 0.6) is 0 Å². The Morgan fingerprint density at radius 1 is 1.16 bits per heavy atom. The normalized spacial score (nSPS) is 16.8. The van der Waals surface area contributed by atoms with Crippen molar-refractivity contribution in [3.8, 4) is 0 Å². The lowest BCUT2D eigenvalue weighted by Crippen LogP contribution is -2.52. The van der Waals surface area contributed by atoms with Crippen LogP contribution in [0.25, 0.3) is 0 Å². The van der Waals surface area contributed by atoms with Crippen molar-refractivity contribution in [3.05, 3.63) is 35.4 Å². The summed E-state index contributed by atoms with van der Waals surface area (Å²) in [6, 6.07) is 7.82. The van der Waals surface area contributed by atoms with E-state index in [1.165, 1.54) is 11.1 Å².